The summed E-state index contributed by atoms with van der Waals surface area (Å²) < 4.78 is 5.10. The molecule has 3 aromatic rings. The SMILES string of the molecule is COc1ccc2ncc(NC(=O)C(Br)C3CCC(N4C(=O)c5ccccc5C4=O)CC3)c(O)c2n1. The maximum absolute atomic E-state index is 13.0. The molecule has 3 heterocycles. The Labute approximate surface area is 209 Å². The number of pyridine rings is 2. The third-order valence-corrected chi connectivity index (χ3v) is 7.89. The van der Waals surface area contributed by atoms with Crippen LogP contribution in [-0.2, 0) is 4.79 Å². The number of halogens is 1. The van der Waals surface area contributed by atoms with E-state index in [1.807, 2.05) is 0 Å². The lowest BCUT2D eigenvalue weighted by molar-refractivity contribution is -0.116. The van der Waals surface area contributed by atoms with Crippen LogP contribution in [0.15, 0.2) is 42.6 Å². The lowest BCUT2D eigenvalue weighted by atomic mass is 9.83. The van der Waals surface area contributed by atoms with E-state index in [4.69, 9.17) is 4.74 Å². The first-order valence-electron chi connectivity index (χ1n) is 11.3. The van der Waals surface area contributed by atoms with Gasteiger partial charge in [-0.1, -0.05) is 28.1 Å². The monoisotopic (exact) mass is 538 g/mol. The number of amides is 3. The molecule has 9 nitrogen and oxygen atoms in total. The van der Waals surface area contributed by atoms with Gasteiger partial charge in [0.1, 0.15) is 11.2 Å². The first-order chi connectivity index (χ1) is 16.9. The van der Waals surface area contributed by atoms with Crippen molar-refractivity contribution in [3.05, 3.63) is 53.7 Å². The molecule has 3 amide bonds. The fourth-order valence-electron chi connectivity index (χ4n) is 4.85. The summed E-state index contributed by atoms with van der Waals surface area (Å²) in [6.07, 6.45) is 3.98. The Bertz CT molecular complexity index is 1300. The number of methoxy groups -OCH3 is 1. The van der Waals surface area contributed by atoms with Gasteiger partial charge in [-0.25, -0.2) is 4.98 Å². The molecule has 0 saturated heterocycles. The summed E-state index contributed by atoms with van der Waals surface area (Å²) in [6, 6.07) is 10.0. The van der Waals surface area contributed by atoms with Gasteiger partial charge < -0.3 is 15.2 Å². The topological polar surface area (TPSA) is 122 Å². The van der Waals surface area contributed by atoms with Gasteiger partial charge in [0.15, 0.2) is 5.75 Å². The number of hydrogen-bond acceptors (Lipinski definition) is 7. The molecule has 35 heavy (non-hydrogen) atoms. The number of aromatic hydroxyl groups is 1. The Morgan fingerprint density at radius 3 is 2.40 bits per heavy atom. The number of anilines is 1. The second kappa shape index (κ2) is 9.26. The van der Waals surface area contributed by atoms with Gasteiger partial charge >= 0.3 is 0 Å². The highest BCUT2D eigenvalue weighted by Gasteiger charge is 2.42. The molecule has 180 valence electrons. The Hall–Kier alpha value is -3.53. The van der Waals surface area contributed by atoms with Crippen LogP contribution in [0.4, 0.5) is 5.69 Å². The van der Waals surface area contributed by atoms with E-state index in [2.05, 4.69) is 31.2 Å². The van der Waals surface area contributed by atoms with Gasteiger partial charge in [-0.2, -0.15) is 0 Å². The minimum atomic E-state index is -0.515. The quantitative estimate of drug-likeness (QED) is 0.373. The molecule has 0 bridgehead atoms. The number of imide groups is 1. The van der Waals surface area contributed by atoms with Crippen LogP contribution in [0.2, 0.25) is 0 Å². The van der Waals surface area contributed by atoms with Gasteiger partial charge in [0.2, 0.25) is 11.8 Å². The molecule has 1 aliphatic heterocycles. The van der Waals surface area contributed by atoms with Crippen LogP contribution in [0.5, 0.6) is 11.6 Å². The molecule has 2 aliphatic rings. The van der Waals surface area contributed by atoms with Crippen LogP contribution in [0.25, 0.3) is 11.0 Å². The van der Waals surface area contributed by atoms with Crippen molar-refractivity contribution in [1.82, 2.24) is 14.9 Å². The van der Waals surface area contributed by atoms with Crippen molar-refractivity contribution < 1.29 is 24.2 Å². The number of nitrogens with zero attached hydrogens (tertiary/aromatic N) is 3. The second-order valence-electron chi connectivity index (χ2n) is 8.73. The van der Waals surface area contributed by atoms with E-state index in [-0.39, 0.29) is 46.6 Å². The van der Waals surface area contributed by atoms with Gasteiger partial charge in [0.25, 0.3) is 11.8 Å². The van der Waals surface area contributed by atoms with E-state index in [1.54, 1.807) is 36.4 Å². The van der Waals surface area contributed by atoms with Crippen LogP contribution in [0.1, 0.15) is 46.4 Å². The van der Waals surface area contributed by atoms with E-state index in [9.17, 15) is 19.5 Å². The Balaban J connectivity index is 1.23. The molecule has 0 radical (unpaired) electrons. The molecule has 1 atom stereocenters. The summed E-state index contributed by atoms with van der Waals surface area (Å²) in [7, 11) is 1.48. The van der Waals surface area contributed by atoms with Crippen molar-refractivity contribution in [3.63, 3.8) is 0 Å². The molecular weight excluding hydrogens is 516 g/mol. The third-order valence-electron chi connectivity index (χ3n) is 6.72. The van der Waals surface area contributed by atoms with Gasteiger partial charge in [0, 0.05) is 12.1 Å². The smallest absolute Gasteiger partial charge is 0.261 e. The number of hydrogen-bond donors (Lipinski definition) is 2. The summed E-state index contributed by atoms with van der Waals surface area (Å²) in [5.41, 5.74) is 1.77. The van der Waals surface area contributed by atoms with Crippen LogP contribution in [-0.4, -0.2) is 55.7 Å². The van der Waals surface area contributed by atoms with Crippen LogP contribution >= 0.6 is 15.9 Å². The molecule has 1 saturated carbocycles. The summed E-state index contributed by atoms with van der Waals surface area (Å²) in [6.45, 7) is 0. The van der Waals surface area contributed by atoms with E-state index in [0.717, 1.165) is 0 Å². The van der Waals surface area contributed by atoms with E-state index in [1.165, 1.54) is 18.2 Å². The highest BCUT2D eigenvalue weighted by atomic mass is 79.9. The van der Waals surface area contributed by atoms with E-state index in [0.29, 0.717) is 48.2 Å². The largest absolute Gasteiger partial charge is 0.504 e. The zero-order valence-electron chi connectivity index (χ0n) is 18.9. The maximum Gasteiger partial charge on any atom is 0.261 e. The minimum absolute atomic E-state index is 0.00945. The molecule has 1 fully saturated rings. The minimum Gasteiger partial charge on any atom is -0.504 e. The molecule has 1 aliphatic carbocycles. The maximum atomic E-state index is 13.0. The normalized spacial score (nSPS) is 20.6. The fourth-order valence-corrected chi connectivity index (χ4v) is 5.49. The van der Waals surface area contributed by atoms with E-state index < -0.39 is 4.83 Å². The number of fused-ring (bicyclic) bond motifs is 2. The van der Waals surface area contributed by atoms with Crippen LogP contribution in [0.3, 0.4) is 0 Å². The molecule has 1 unspecified atom stereocenters. The average Bonchev–Trinajstić information content (AvgIpc) is 3.15. The summed E-state index contributed by atoms with van der Waals surface area (Å²) in [5, 5.41) is 13.4. The first-order valence-corrected chi connectivity index (χ1v) is 12.2. The Morgan fingerprint density at radius 1 is 1.11 bits per heavy atom. The van der Waals surface area contributed by atoms with Gasteiger partial charge in [-0.3, -0.25) is 24.3 Å². The van der Waals surface area contributed by atoms with Crippen LogP contribution in [0, 0.1) is 5.92 Å². The third kappa shape index (κ3) is 4.12. The molecule has 10 heteroatoms. The second-order valence-corrected chi connectivity index (χ2v) is 9.71. The van der Waals surface area contributed by atoms with Gasteiger partial charge in [-0.15, -0.1) is 0 Å². The molecule has 1 aromatic carbocycles. The number of carbonyl (C=O) groups is 3. The predicted molar refractivity (Wildman–Crippen MR) is 132 cm³/mol. The molecule has 0 spiro atoms. The average molecular weight is 539 g/mol. The Morgan fingerprint density at radius 2 is 1.77 bits per heavy atom. The fraction of sp³-hybridized carbons (Fsp3) is 0.320. The first kappa shape index (κ1) is 23.2. The van der Waals surface area contributed by atoms with Gasteiger partial charge in [-0.05, 0) is 49.8 Å². The number of aromatic nitrogens is 2. The van der Waals surface area contributed by atoms with Crippen molar-refractivity contribution in [3.8, 4) is 11.6 Å². The summed E-state index contributed by atoms with van der Waals surface area (Å²) in [5.74, 6) is -0.648. The molecule has 2 N–H and O–H groups in total. The molecule has 5 rings (SSSR count). The van der Waals surface area contributed by atoms with Crippen molar-refractivity contribution in [1.29, 1.82) is 0 Å². The lowest BCUT2D eigenvalue weighted by Gasteiger charge is -2.34. The summed E-state index contributed by atoms with van der Waals surface area (Å²) >= 11 is 3.51. The molecule has 2 aromatic heterocycles. The van der Waals surface area contributed by atoms with Gasteiger partial charge in [0.05, 0.1) is 34.8 Å². The highest BCUT2D eigenvalue weighted by molar-refractivity contribution is 9.10. The van der Waals surface area contributed by atoms with E-state index >= 15 is 0 Å². The number of carbonyl (C=O) groups excluding carboxylic acids is 3. The number of ether oxygens (including phenoxy) is 1. The number of rotatable bonds is 5. The van der Waals surface area contributed by atoms with Crippen molar-refractivity contribution in [2.75, 3.05) is 12.4 Å². The number of nitrogens with one attached hydrogen (secondary N) is 1. The standard InChI is InChI=1S/C25H23BrN4O5/c1-35-19-11-10-17-21(29-19)22(31)18(12-27-17)28-23(32)20(26)13-6-8-14(9-7-13)30-24(33)15-4-2-3-5-16(15)25(30)34/h2-5,10-14,20H,6-9H2,1H3,(H,27,31)(H,28,32). The predicted octanol–water partition coefficient (Wildman–Crippen LogP) is 3.90. The lowest BCUT2D eigenvalue weighted by Crippen LogP contribution is -2.43. The number of alkyl halides is 1. The van der Waals surface area contributed by atoms with Crippen molar-refractivity contribution >= 4 is 50.4 Å². The zero-order chi connectivity index (χ0) is 24.7. The highest BCUT2D eigenvalue weighted by Crippen LogP contribution is 2.37. The summed E-state index contributed by atoms with van der Waals surface area (Å²) in [4.78, 5) is 47.9. The Kier molecular flexibility index (Phi) is 6.14. The number of benzene rings is 1. The van der Waals surface area contributed by atoms with Crippen molar-refractivity contribution in [2.45, 2.75) is 36.6 Å². The van der Waals surface area contributed by atoms with Crippen molar-refractivity contribution in [2.24, 2.45) is 5.92 Å². The zero-order valence-corrected chi connectivity index (χ0v) is 20.5. The van der Waals surface area contributed by atoms with Crippen LogP contribution < -0.4 is 10.1 Å². The molecular formula is C25H23BrN4O5.